The van der Waals surface area contributed by atoms with Gasteiger partial charge in [-0.2, -0.15) is 0 Å². The molecule has 0 aliphatic carbocycles. The largest absolute Gasteiger partial charge is 0.468 e. The van der Waals surface area contributed by atoms with Crippen molar-refractivity contribution in [2.45, 2.75) is 12.6 Å². The predicted molar refractivity (Wildman–Crippen MR) is 64.1 cm³/mol. The van der Waals surface area contributed by atoms with Gasteiger partial charge in [0.1, 0.15) is 11.2 Å². The number of nitrogens with zero attached hydrogens (tertiary/aromatic N) is 3. The number of esters is 1. The van der Waals surface area contributed by atoms with Crippen LogP contribution in [0.25, 0.3) is 0 Å². The van der Waals surface area contributed by atoms with E-state index in [9.17, 15) is 4.79 Å². The van der Waals surface area contributed by atoms with Crippen LogP contribution in [-0.4, -0.2) is 53.7 Å². The zero-order chi connectivity index (χ0) is 13.0. The minimum atomic E-state index is -0.388. The molecule has 0 bridgehead atoms. The third-order valence-electron chi connectivity index (χ3n) is 2.75. The smallest absolute Gasteiger partial charge is 0.325 e. The van der Waals surface area contributed by atoms with Crippen LogP contribution in [0.1, 0.15) is 5.69 Å². The molecular weight excluding hydrogens is 258 g/mol. The standard InChI is InChI=1S/C11H14ClN3O3/c1-17-11(16)9-7-18-3-2-15(9)6-8-4-14-10(12)5-13-8/h4-5,9H,2-3,6-7H2,1H3. The zero-order valence-corrected chi connectivity index (χ0v) is 10.8. The molecule has 1 saturated heterocycles. The summed E-state index contributed by atoms with van der Waals surface area (Å²) < 4.78 is 10.1. The number of aromatic nitrogens is 2. The quantitative estimate of drug-likeness (QED) is 0.746. The maximum absolute atomic E-state index is 11.6. The number of carbonyl (C=O) groups excluding carboxylic acids is 1. The van der Waals surface area contributed by atoms with Crippen LogP contribution < -0.4 is 0 Å². The van der Waals surface area contributed by atoms with E-state index in [1.54, 1.807) is 6.20 Å². The number of halogens is 1. The van der Waals surface area contributed by atoms with Crippen LogP contribution >= 0.6 is 11.6 Å². The molecule has 1 atom stereocenters. The lowest BCUT2D eigenvalue weighted by molar-refractivity contribution is -0.153. The molecule has 98 valence electrons. The fourth-order valence-electron chi connectivity index (χ4n) is 1.81. The normalized spacial score (nSPS) is 20.7. The summed E-state index contributed by atoms with van der Waals surface area (Å²) in [7, 11) is 1.37. The Morgan fingerprint density at radius 1 is 1.61 bits per heavy atom. The van der Waals surface area contributed by atoms with Crippen molar-refractivity contribution in [2.75, 3.05) is 26.9 Å². The molecule has 1 aromatic heterocycles. The van der Waals surface area contributed by atoms with Gasteiger partial charge in [-0.05, 0) is 0 Å². The molecule has 18 heavy (non-hydrogen) atoms. The van der Waals surface area contributed by atoms with E-state index >= 15 is 0 Å². The van der Waals surface area contributed by atoms with Crippen molar-refractivity contribution in [2.24, 2.45) is 0 Å². The summed E-state index contributed by atoms with van der Waals surface area (Å²) >= 11 is 5.67. The van der Waals surface area contributed by atoms with E-state index in [1.807, 2.05) is 4.90 Å². The second-order valence-electron chi connectivity index (χ2n) is 3.91. The first-order valence-electron chi connectivity index (χ1n) is 5.56. The molecule has 1 fully saturated rings. The third-order valence-corrected chi connectivity index (χ3v) is 2.95. The SMILES string of the molecule is COC(=O)C1COCCN1Cc1cnc(Cl)cn1. The van der Waals surface area contributed by atoms with Crippen molar-refractivity contribution in [3.63, 3.8) is 0 Å². The fourth-order valence-corrected chi connectivity index (χ4v) is 1.91. The Labute approximate surface area is 110 Å². The van der Waals surface area contributed by atoms with E-state index in [2.05, 4.69) is 9.97 Å². The van der Waals surface area contributed by atoms with Crippen LogP contribution in [-0.2, 0) is 20.8 Å². The highest BCUT2D eigenvalue weighted by molar-refractivity contribution is 6.29. The van der Waals surface area contributed by atoms with Gasteiger partial charge in [0.25, 0.3) is 0 Å². The number of hydrogen-bond donors (Lipinski definition) is 0. The monoisotopic (exact) mass is 271 g/mol. The minimum absolute atomic E-state index is 0.295. The van der Waals surface area contributed by atoms with E-state index < -0.39 is 0 Å². The van der Waals surface area contributed by atoms with Crippen molar-refractivity contribution in [3.8, 4) is 0 Å². The Hall–Kier alpha value is -1.24. The van der Waals surface area contributed by atoms with E-state index in [1.165, 1.54) is 13.3 Å². The van der Waals surface area contributed by atoms with Crippen LogP contribution in [0.3, 0.4) is 0 Å². The van der Waals surface area contributed by atoms with Gasteiger partial charge in [-0.25, -0.2) is 4.98 Å². The lowest BCUT2D eigenvalue weighted by Crippen LogP contribution is -2.49. The van der Waals surface area contributed by atoms with Crippen LogP contribution in [0.5, 0.6) is 0 Å². The fraction of sp³-hybridized carbons (Fsp3) is 0.545. The highest BCUT2D eigenvalue weighted by Gasteiger charge is 2.30. The average Bonchev–Trinajstić information content (AvgIpc) is 2.41. The van der Waals surface area contributed by atoms with Crippen molar-refractivity contribution in [3.05, 3.63) is 23.2 Å². The number of methoxy groups -OCH3 is 1. The first-order chi connectivity index (χ1) is 8.70. The van der Waals surface area contributed by atoms with Gasteiger partial charge < -0.3 is 9.47 Å². The van der Waals surface area contributed by atoms with Gasteiger partial charge in [0.05, 0.1) is 38.4 Å². The summed E-state index contributed by atoms with van der Waals surface area (Å²) in [6.07, 6.45) is 3.09. The molecule has 2 rings (SSSR count). The Kier molecular flexibility index (Phi) is 4.46. The van der Waals surface area contributed by atoms with Gasteiger partial charge in [-0.15, -0.1) is 0 Å². The zero-order valence-electron chi connectivity index (χ0n) is 10.0. The van der Waals surface area contributed by atoms with Crippen molar-refractivity contribution in [1.82, 2.24) is 14.9 Å². The number of rotatable bonds is 3. The molecular formula is C11H14ClN3O3. The second-order valence-corrected chi connectivity index (χ2v) is 4.30. The maximum atomic E-state index is 11.6. The predicted octanol–water partition coefficient (Wildman–Crippen LogP) is 0.504. The average molecular weight is 272 g/mol. The molecule has 1 aliphatic rings. The van der Waals surface area contributed by atoms with E-state index in [-0.39, 0.29) is 12.0 Å². The summed E-state index contributed by atoms with van der Waals surface area (Å²) in [4.78, 5) is 21.7. The molecule has 0 aromatic carbocycles. The summed E-state index contributed by atoms with van der Waals surface area (Å²) in [6, 6.07) is -0.388. The van der Waals surface area contributed by atoms with Crippen LogP contribution in [0.15, 0.2) is 12.4 Å². The number of carbonyl (C=O) groups is 1. The molecule has 7 heteroatoms. The molecule has 6 nitrogen and oxygen atoms in total. The van der Waals surface area contributed by atoms with E-state index in [0.717, 1.165) is 5.69 Å². The van der Waals surface area contributed by atoms with Gasteiger partial charge in [0.2, 0.25) is 0 Å². The molecule has 1 aliphatic heterocycles. The van der Waals surface area contributed by atoms with Gasteiger partial charge in [-0.3, -0.25) is 14.7 Å². The summed E-state index contributed by atoms with van der Waals surface area (Å²) in [5.74, 6) is -0.295. The number of ether oxygens (including phenoxy) is 2. The Morgan fingerprint density at radius 2 is 2.44 bits per heavy atom. The lowest BCUT2D eigenvalue weighted by Gasteiger charge is -2.33. The number of hydrogen-bond acceptors (Lipinski definition) is 6. The van der Waals surface area contributed by atoms with Crippen LogP contribution in [0.2, 0.25) is 5.15 Å². The van der Waals surface area contributed by atoms with Crippen LogP contribution in [0.4, 0.5) is 0 Å². The van der Waals surface area contributed by atoms with E-state index in [0.29, 0.717) is 31.5 Å². The maximum Gasteiger partial charge on any atom is 0.325 e. The number of morpholine rings is 1. The molecule has 0 amide bonds. The molecule has 2 heterocycles. The molecule has 0 saturated carbocycles. The van der Waals surface area contributed by atoms with Crippen molar-refractivity contribution < 1.29 is 14.3 Å². The lowest BCUT2D eigenvalue weighted by atomic mass is 10.2. The highest BCUT2D eigenvalue weighted by atomic mass is 35.5. The molecule has 0 N–H and O–H groups in total. The summed E-state index contributed by atoms with van der Waals surface area (Å²) in [5, 5.41) is 0.352. The minimum Gasteiger partial charge on any atom is -0.468 e. The Morgan fingerprint density at radius 3 is 3.11 bits per heavy atom. The highest BCUT2D eigenvalue weighted by Crippen LogP contribution is 2.12. The van der Waals surface area contributed by atoms with Gasteiger partial charge in [0.15, 0.2) is 0 Å². The first-order valence-corrected chi connectivity index (χ1v) is 5.94. The Bertz CT molecular complexity index is 412. The third kappa shape index (κ3) is 3.16. The molecule has 0 spiro atoms. The van der Waals surface area contributed by atoms with Gasteiger partial charge in [0, 0.05) is 13.1 Å². The summed E-state index contributed by atoms with van der Waals surface area (Å²) in [6.45, 7) is 2.11. The molecule has 1 aromatic rings. The Balaban J connectivity index is 2.05. The van der Waals surface area contributed by atoms with Crippen LogP contribution in [0, 0.1) is 0 Å². The summed E-state index contributed by atoms with van der Waals surface area (Å²) in [5.41, 5.74) is 0.759. The molecule has 0 radical (unpaired) electrons. The van der Waals surface area contributed by atoms with Gasteiger partial charge in [-0.1, -0.05) is 11.6 Å². The first kappa shape index (κ1) is 13.2. The van der Waals surface area contributed by atoms with Crippen molar-refractivity contribution >= 4 is 17.6 Å². The van der Waals surface area contributed by atoms with Crippen molar-refractivity contribution in [1.29, 1.82) is 0 Å². The molecule has 1 unspecified atom stereocenters. The van der Waals surface area contributed by atoms with E-state index in [4.69, 9.17) is 21.1 Å². The second kappa shape index (κ2) is 6.08. The van der Waals surface area contributed by atoms with Gasteiger partial charge >= 0.3 is 5.97 Å². The topological polar surface area (TPSA) is 64.6 Å².